The summed E-state index contributed by atoms with van der Waals surface area (Å²) in [6.45, 7) is 1.27. The maximum absolute atomic E-state index is 11.6. The maximum atomic E-state index is 11.6. The number of hydrogen-bond donors (Lipinski definition) is 2. The molecule has 0 aliphatic heterocycles. The van der Waals surface area contributed by atoms with E-state index < -0.39 is 26.8 Å². The highest BCUT2D eigenvalue weighted by Gasteiger charge is 2.43. The molecule has 1 rings (SSSR count). The molecule has 1 aliphatic carbocycles. The molecule has 90 valence electrons. The molecule has 6 nitrogen and oxygen atoms in total. The summed E-state index contributed by atoms with van der Waals surface area (Å²) in [5.41, 5.74) is -0.879. The van der Waals surface area contributed by atoms with Gasteiger partial charge in [0.05, 0.1) is 12.5 Å². The third-order valence-corrected chi connectivity index (χ3v) is 4.56. The van der Waals surface area contributed by atoms with Crippen molar-refractivity contribution in [1.82, 2.24) is 4.72 Å². The van der Waals surface area contributed by atoms with Gasteiger partial charge in [-0.15, -0.1) is 0 Å². The lowest BCUT2D eigenvalue weighted by molar-refractivity contribution is -0.139. The third-order valence-electron chi connectivity index (χ3n) is 2.81. The zero-order valence-corrected chi connectivity index (χ0v) is 9.75. The monoisotopic (exact) mass is 246 g/mol. The minimum atomic E-state index is -3.75. The number of carbonyl (C=O) groups is 1. The number of aliphatic carboxylic acids is 1. The van der Waals surface area contributed by atoms with Gasteiger partial charge >= 0.3 is 5.97 Å². The molecule has 1 saturated carbocycles. The average molecular weight is 246 g/mol. The maximum Gasteiger partial charge on any atom is 0.305 e. The van der Waals surface area contributed by atoms with E-state index in [4.69, 9.17) is 10.4 Å². The number of hydrogen-bond acceptors (Lipinski definition) is 4. The highest BCUT2D eigenvalue weighted by molar-refractivity contribution is 7.90. The van der Waals surface area contributed by atoms with Crippen molar-refractivity contribution in [3.05, 3.63) is 0 Å². The van der Waals surface area contributed by atoms with Crippen molar-refractivity contribution in [2.75, 3.05) is 0 Å². The standard InChI is InChI=1S/C9H14N2O4S/c1-7(6-10)16(14,15)11-9(3-2-4-9)5-8(12)13/h7,11H,2-5H2,1H3,(H,12,13). The Morgan fingerprint density at radius 1 is 1.62 bits per heavy atom. The number of nitrogens with zero attached hydrogens (tertiary/aromatic N) is 1. The summed E-state index contributed by atoms with van der Waals surface area (Å²) in [6, 6.07) is 1.63. The van der Waals surface area contributed by atoms with Crippen LogP contribution in [-0.2, 0) is 14.8 Å². The Labute approximate surface area is 94.3 Å². The second kappa shape index (κ2) is 4.39. The molecule has 0 saturated heterocycles. The summed E-state index contributed by atoms with van der Waals surface area (Å²) in [4.78, 5) is 10.6. The van der Waals surface area contributed by atoms with Crippen molar-refractivity contribution in [3.63, 3.8) is 0 Å². The van der Waals surface area contributed by atoms with Gasteiger partial charge in [0.1, 0.15) is 0 Å². The number of sulfonamides is 1. The second-order valence-electron chi connectivity index (χ2n) is 4.12. The van der Waals surface area contributed by atoms with E-state index in [9.17, 15) is 13.2 Å². The predicted molar refractivity (Wildman–Crippen MR) is 56.0 cm³/mol. The summed E-state index contributed by atoms with van der Waals surface area (Å²) in [5, 5.41) is 16.1. The lowest BCUT2D eigenvalue weighted by atomic mass is 9.75. The topological polar surface area (TPSA) is 107 Å². The quantitative estimate of drug-likeness (QED) is 0.721. The Morgan fingerprint density at radius 3 is 2.50 bits per heavy atom. The van der Waals surface area contributed by atoms with Crippen LogP contribution < -0.4 is 4.72 Å². The lowest BCUT2D eigenvalue weighted by Gasteiger charge is -2.41. The molecule has 0 aromatic heterocycles. The van der Waals surface area contributed by atoms with Crippen molar-refractivity contribution in [3.8, 4) is 6.07 Å². The van der Waals surface area contributed by atoms with Gasteiger partial charge in [-0.3, -0.25) is 4.79 Å². The van der Waals surface area contributed by atoms with Crippen molar-refractivity contribution < 1.29 is 18.3 Å². The van der Waals surface area contributed by atoms with Gasteiger partial charge in [0, 0.05) is 5.54 Å². The molecule has 1 atom stereocenters. The average Bonchev–Trinajstić information content (AvgIpc) is 2.11. The van der Waals surface area contributed by atoms with Crippen LogP contribution in [0, 0.1) is 11.3 Å². The fraction of sp³-hybridized carbons (Fsp3) is 0.778. The molecule has 2 N–H and O–H groups in total. The Kier molecular flexibility index (Phi) is 3.55. The summed E-state index contributed by atoms with van der Waals surface area (Å²) >= 11 is 0. The SMILES string of the molecule is CC(C#N)S(=O)(=O)NC1(CC(=O)O)CCC1. The fourth-order valence-electron chi connectivity index (χ4n) is 1.67. The summed E-state index contributed by atoms with van der Waals surface area (Å²) in [7, 11) is -3.75. The van der Waals surface area contributed by atoms with E-state index in [0.29, 0.717) is 12.8 Å². The zero-order valence-electron chi connectivity index (χ0n) is 8.93. The fourth-order valence-corrected chi connectivity index (χ4v) is 2.86. The van der Waals surface area contributed by atoms with E-state index in [1.807, 2.05) is 0 Å². The molecule has 0 amide bonds. The van der Waals surface area contributed by atoms with Crippen LogP contribution in [0.25, 0.3) is 0 Å². The van der Waals surface area contributed by atoms with Gasteiger partial charge in [-0.1, -0.05) is 0 Å². The molecule has 1 aliphatic rings. The van der Waals surface area contributed by atoms with Gasteiger partial charge in [0.2, 0.25) is 10.0 Å². The zero-order chi connectivity index (χ0) is 12.4. The van der Waals surface area contributed by atoms with Crippen LogP contribution in [0.3, 0.4) is 0 Å². The summed E-state index contributed by atoms with van der Waals surface area (Å²) < 4.78 is 25.6. The molecule has 0 radical (unpaired) electrons. The van der Waals surface area contributed by atoms with Gasteiger partial charge in [0.15, 0.2) is 5.25 Å². The molecular formula is C9H14N2O4S. The number of nitriles is 1. The Bertz CT molecular complexity index is 419. The number of nitrogens with one attached hydrogen (secondary N) is 1. The molecule has 16 heavy (non-hydrogen) atoms. The molecule has 1 fully saturated rings. The van der Waals surface area contributed by atoms with Crippen molar-refractivity contribution in [2.45, 2.75) is 43.4 Å². The first-order chi connectivity index (χ1) is 7.31. The first-order valence-corrected chi connectivity index (χ1v) is 6.50. The molecule has 0 aromatic carbocycles. The third kappa shape index (κ3) is 2.71. The van der Waals surface area contributed by atoms with Gasteiger partial charge in [-0.25, -0.2) is 13.1 Å². The molecule has 1 unspecified atom stereocenters. The van der Waals surface area contributed by atoms with Crippen molar-refractivity contribution >= 4 is 16.0 Å². The van der Waals surface area contributed by atoms with Crippen LogP contribution in [0.4, 0.5) is 0 Å². The van der Waals surface area contributed by atoms with E-state index >= 15 is 0 Å². The molecule has 0 bridgehead atoms. The van der Waals surface area contributed by atoms with E-state index in [1.54, 1.807) is 6.07 Å². The van der Waals surface area contributed by atoms with E-state index in [-0.39, 0.29) is 6.42 Å². The highest BCUT2D eigenvalue weighted by Crippen LogP contribution is 2.35. The second-order valence-corrected chi connectivity index (χ2v) is 6.12. The first-order valence-electron chi connectivity index (χ1n) is 4.95. The van der Waals surface area contributed by atoms with Gasteiger partial charge in [-0.2, -0.15) is 5.26 Å². The van der Waals surface area contributed by atoms with E-state index in [2.05, 4.69) is 4.72 Å². The van der Waals surface area contributed by atoms with Crippen molar-refractivity contribution in [1.29, 1.82) is 5.26 Å². The molecular weight excluding hydrogens is 232 g/mol. The van der Waals surface area contributed by atoms with Crippen LogP contribution in [0.1, 0.15) is 32.6 Å². The first kappa shape index (κ1) is 12.9. The van der Waals surface area contributed by atoms with Crippen LogP contribution in [-0.4, -0.2) is 30.3 Å². The largest absolute Gasteiger partial charge is 0.481 e. The summed E-state index contributed by atoms with van der Waals surface area (Å²) in [6.07, 6.45) is 1.59. The minimum absolute atomic E-state index is 0.232. The number of rotatable bonds is 5. The van der Waals surface area contributed by atoms with Gasteiger partial charge in [0.25, 0.3) is 0 Å². The molecule has 0 spiro atoms. The minimum Gasteiger partial charge on any atom is -0.481 e. The van der Waals surface area contributed by atoms with E-state index in [1.165, 1.54) is 6.92 Å². The van der Waals surface area contributed by atoms with Gasteiger partial charge in [-0.05, 0) is 26.2 Å². The Balaban J connectivity index is 2.79. The van der Waals surface area contributed by atoms with Crippen molar-refractivity contribution in [2.24, 2.45) is 0 Å². The highest BCUT2D eigenvalue weighted by atomic mass is 32.2. The predicted octanol–water partition coefficient (Wildman–Crippen LogP) is 0.215. The molecule has 0 heterocycles. The van der Waals surface area contributed by atoms with Crippen LogP contribution in [0.2, 0.25) is 0 Å². The normalized spacial score (nSPS) is 20.5. The number of carboxylic acids is 1. The van der Waals surface area contributed by atoms with Crippen LogP contribution in [0.15, 0.2) is 0 Å². The number of carboxylic acid groups (broad SMARTS) is 1. The Hall–Kier alpha value is -1.13. The van der Waals surface area contributed by atoms with Crippen LogP contribution >= 0.6 is 0 Å². The lowest BCUT2D eigenvalue weighted by Crippen LogP contribution is -2.56. The molecule has 0 aromatic rings. The molecule has 7 heteroatoms. The van der Waals surface area contributed by atoms with Gasteiger partial charge < -0.3 is 5.11 Å². The Morgan fingerprint density at radius 2 is 2.19 bits per heavy atom. The smallest absolute Gasteiger partial charge is 0.305 e. The van der Waals surface area contributed by atoms with E-state index in [0.717, 1.165) is 6.42 Å². The van der Waals surface area contributed by atoms with Crippen LogP contribution in [0.5, 0.6) is 0 Å². The summed E-state index contributed by atoms with van der Waals surface area (Å²) in [5.74, 6) is -1.04.